The number of fused-ring (bicyclic) bond motifs is 1. The molecule has 4 rings (SSSR count). The van der Waals surface area contributed by atoms with Crippen molar-refractivity contribution >= 4 is 11.6 Å². The predicted molar refractivity (Wildman–Crippen MR) is 74.2 cm³/mol. The highest BCUT2D eigenvalue weighted by Gasteiger charge is 2.54. The van der Waals surface area contributed by atoms with E-state index in [1.807, 2.05) is 12.1 Å². The molecule has 5 heteroatoms. The van der Waals surface area contributed by atoms with Crippen molar-refractivity contribution in [2.24, 2.45) is 0 Å². The summed E-state index contributed by atoms with van der Waals surface area (Å²) in [5.41, 5.74) is 0.727. The van der Waals surface area contributed by atoms with Gasteiger partial charge in [0, 0.05) is 12.8 Å². The van der Waals surface area contributed by atoms with Crippen LogP contribution in [0.3, 0.4) is 0 Å². The molecule has 1 amide bonds. The van der Waals surface area contributed by atoms with Crippen LogP contribution in [-0.2, 0) is 4.79 Å². The number of quaternary nitrogens is 1. The van der Waals surface area contributed by atoms with Gasteiger partial charge in [0.2, 0.25) is 6.17 Å². The molecule has 1 unspecified atom stereocenters. The van der Waals surface area contributed by atoms with Crippen LogP contribution in [0.25, 0.3) is 0 Å². The summed E-state index contributed by atoms with van der Waals surface area (Å²) in [5, 5.41) is 0. The first-order valence-electron chi connectivity index (χ1n) is 7.23. The van der Waals surface area contributed by atoms with E-state index in [2.05, 4.69) is 0 Å². The predicted octanol–water partition coefficient (Wildman–Crippen LogP) is 1.51. The van der Waals surface area contributed by atoms with Gasteiger partial charge in [-0.3, -0.25) is 9.69 Å². The summed E-state index contributed by atoms with van der Waals surface area (Å²) >= 11 is 0. The Morgan fingerprint density at radius 2 is 2.05 bits per heavy atom. The summed E-state index contributed by atoms with van der Waals surface area (Å²) in [6.07, 6.45) is 3.44. The quantitative estimate of drug-likeness (QED) is 0.909. The average Bonchev–Trinajstić information content (AvgIpc) is 3.19. The molecule has 3 heterocycles. The smallest absolute Gasteiger partial charge is 0.290 e. The molecule has 1 aromatic heterocycles. The fourth-order valence-corrected chi connectivity index (χ4v) is 3.58. The number of benzene rings is 1. The molecule has 1 N–H and O–H groups in total. The Bertz CT molecular complexity index is 653. The fraction of sp³-hybridized carbons (Fsp3) is 0.312. The second-order valence-electron chi connectivity index (χ2n) is 5.62. The van der Waals surface area contributed by atoms with Crippen LogP contribution in [0.5, 0.6) is 0 Å². The van der Waals surface area contributed by atoms with Crippen molar-refractivity contribution in [3.05, 3.63) is 54.2 Å². The van der Waals surface area contributed by atoms with Gasteiger partial charge in [-0.05, 0) is 36.4 Å². The number of hydrogen-bond donors (Lipinski definition) is 1. The molecule has 4 nitrogen and oxygen atoms in total. The molecule has 2 aliphatic heterocycles. The molecule has 3 atom stereocenters. The highest BCUT2D eigenvalue weighted by molar-refractivity contribution is 5.98. The molecular formula is C16H16FN2O2+. The molecule has 0 spiro atoms. The molecule has 0 radical (unpaired) electrons. The lowest BCUT2D eigenvalue weighted by atomic mass is 10.2. The van der Waals surface area contributed by atoms with Crippen LogP contribution in [0.1, 0.15) is 24.8 Å². The molecule has 2 fully saturated rings. The lowest BCUT2D eigenvalue weighted by Crippen LogP contribution is -3.12. The SMILES string of the molecule is O=C1[C@H]2CCC[NH+]2[C@H](c2ccco2)N1c1ccc(F)cc1. The minimum atomic E-state index is -0.298. The van der Waals surface area contributed by atoms with Crippen molar-refractivity contribution in [1.82, 2.24) is 0 Å². The summed E-state index contributed by atoms with van der Waals surface area (Å²) < 4.78 is 18.7. The molecule has 0 aliphatic carbocycles. The van der Waals surface area contributed by atoms with Gasteiger partial charge in [-0.2, -0.15) is 0 Å². The van der Waals surface area contributed by atoms with Crippen molar-refractivity contribution in [1.29, 1.82) is 0 Å². The number of halogens is 1. The number of nitrogens with zero attached hydrogens (tertiary/aromatic N) is 1. The Labute approximate surface area is 121 Å². The zero-order valence-corrected chi connectivity index (χ0v) is 11.5. The second-order valence-corrected chi connectivity index (χ2v) is 5.62. The minimum Gasteiger partial charge on any atom is -0.461 e. The van der Waals surface area contributed by atoms with Gasteiger partial charge in [0.05, 0.1) is 18.5 Å². The molecule has 2 aromatic rings. The largest absolute Gasteiger partial charge is 0.461 e. The van der Waals surface area contributed by atoms with Crippen molar-refractivity contribution in [2.45, 2.75) is 25.0 Å². The number of rotatable bonds is 2. The molecule has 2 aliphatic rings. The second kappa shape index (κ2) is 4.70. The number of nitrogens with one attached hydrogen (secondary N) is 1. The van der Waals surface area contributed by atoms with Crippen molar-refractivity contribution in [3.63, 3.8) is 0 Å². The zero-order valence-electron chi connectivity index (χ0n) is 11.5. The average molecular weight is 287 g/mol. The van der Waals surface area contributed by atoms with Gasteiger partial charge in [0.15, 0.2) is 11.8 Å². The van der Waals surface area contributed by atoms with Crippen LogP contribution in [0.15, 0.2) is 47.1 Å². The molecule has 21 heavy (non-hydrogen) atoms. The lowest BCUT2D eigenvalue weighted by molar-refractivity contribution is -0.925. The summed E-state index contributed by atoms with van der Waals surface area (Å²) in [7, 11) is 0. The fourth-order valence-electron chi connectivity index (χ4n) is 3.58. The van der Waals surface area contributed by atoms with E-state index in [-0.39, 0.29) is 23.9 Å². The molecule has 108 valence electrons. The highest BCUT2D eigenvalue weighted by atomic mass is 19.1. The van der Waals surface area contributed by atoms with Gasteiger partial charge in [-0.25, -0.2) is 9.29 Å². The Kier molecular flexibility index (Phi) is 2.82. The van der Waals surface area contributed by atoms with E-state index >= 15 is 0 Å². The van der Waals surface area contributed by atoms with E-state index in [0.29, 0.717) is 0 Å². The van der Waals surface area contributed by atoms with Gasteiger partial charge in [0.1, 0.15) is 5.82 Å². The van der Waals surface area contributed by atoms with Crippen LogP contribution in [0.4, 0.5) is 10.1 Å². The summed E-state index contributed by atoms with van der Waals surface area (Å²) in [4.78, 5) is 15.7. The number of amides is 1. The first kappa shape index (κ1) is 12.6. The maximum Gasteiger partial charge on any atom is 0.290 e. The number of carbonyl (C=O) groups excluding carboxylic acids is 1. The van der Waals surface area contributed by atoms with Gasteiger partial charge < -0.3 is 4.42 Å². The third-order valence-electron chi connectivity index (χ3n) is 4.47. The highest BCUT2D eigenvalue weighted by Crippen LogP contribution is 2.31. The maximum absolute atomic E-state index is 13.1. The topological polar surface area (TPSA) is 37.9 Å². The van der Waals surface area contributed by atoms with E-state index in [9.17, 15) is 9.18 Å². The molecule has 0 bridgehead atoms. The lowest BCUT2D eigenvalue weighted by Gasteiger charge is -2.24. The van der Waals surface area contributed by atoms with Crippen molar-refractivity contribution in [2.75, 3.05) is 11.4 Å². The van der Waals surface area contributed by atoms with Gasteiger partial charge >= 0.3 is 0 Å². The third-order valence-corrected chi connectivity index (χ3v) is 4.47. The monoisotopic (exact) mass is 287 g/mol. The van der Waals surface area contributed by atoms with Crippen LogP contribution in [0, 0.1) is 5.82 Å². The molecule has 0 saturated carbocycles. The molecule has 1 aromatic carbocycles. The Morgan fingerprint density at radius 1 is 1.24 bits per heavy atom. The van der Waals surface area contributed by atoms with Gasteiger partial charge in [-0.15, -0.1) is 0 Å². The van der Waals surface area contributed by atoms with Gasteiger partial charge in [0.25, 0.3) is 5.91 Å². The zero-order chi connectivity index (χ0) is 14.4. The Morgan fingerprint density at radius 3 is 2.76 bits per heavy atom. The Hall–Kier alpha value is -2.14. The Balaban J connectivity index is 1.79. The minimum absolute atomic E-state index is 0.00912. The molecule has 2 saturated heterocycles. The summed E-state index contributed by atoms with van der Waals surface area (Å²) in [6, 6.07) is 9.83. The summed E-state index contributed by atoms with van der Waals surface area (Å²) in [6.45, 7) is 0.958. The molecular weight excluding hydrogens is 271 g/mol. The number of furan rings is 1. The van der Waals surface area contributed by atoms with Crippen LogP contribution in [-0.4, -0.2) is 18.5 Å². The first-order chi connectivity index (χ1) is 10.3. The van der Waals surface area contributed by atoms with E-state index in [1.165, 1.54) is 17.0 Å². The van der Waals surface area contributed by atoms with Gasteiger partial charge in [-0.1, -0.05) is 0 Å². The normalized spacial score (nSPS) is 28.1. The third kappa shape index (κ3) is 1.88. The number of carbonyl (C=O) groups is 1. The first-order valence-corrected chi connectivity index (χ1v) is 7.23. The van der Waals surface area contributed by atoms with Crippen LogP contribution >= 0.6 is 0 Å². The standard InChI is InChI=1S/C16H15FN2O2/c17-11-5-7-12(8-6-11)19-15(14-4-2-10-21-14)18-9-1-3-13(18)16(19)20/h2,4-8,10,13,15H,1,3,9H2/p+1/t13-,15+/m1/s1. The van der Waals surface area contributed by atoms with Crippen LogP contribution < -0.4 is 9.80 Å². The summed E-state index contributed by atoms with van der Waals surface area (Å²) in [5.74, 6) is 0.593. The maximum atomic E-state index is 13.1. The van der Waals surface area contributed by atoms with E-state index in [0.717, 1.165) is 30.8 Å². The van der Waals surface area contributed by atoms with E-state index in [4.69, 9.17) is 4.42 Å². The van der Waals surface area contributed by atoms with Crippen molar-refractivity contribution < 1.29 is 18.5 Å². The number of anilines is 1. The van der Waals surface area contributed by atoms with Crippen LogP contribution in [0.2, 0.25) is 0 Å². The number of hydrogen-bond acceptors (Lipinski definition) is 2. The van der Waals surface area contributed by atoms with E-state index in [1.54, 1.807) is 23.3 Å². The van der Waals surface area contributed by atoms with E-state index < -0.39 is 0 Å². The van der Waals surface area contributed by atoms with Crippen molar-refractivity contribution in [3.8, 4) is 0 Å².